The zero-order chi connectivity index (χ0) is 20.2. The van der Waals surface area contributed by atoms with Gasteiger partial charge in [-0.25, -0.2) is 9.18 Å². The van der Waals surface area contributed by atoms with Crippen LogP contribution in [-0.4, -0.2) is 32.8 Å². The van der Waals surface area contributed by atoms with Crippen LogP contribution < -0.4 is 5.73 Å². The molecule has 0 radical (unpaired) electrons. The summed E-state index contributed by atoms with van der Waals surface area (Å²) in [6.45, 7) is 1.72. The summed E-state index contributed by atoms with van der Waals surface area (Å²) in [4.78, 5) is 24.3. The molecule has 144 valence electrons. The summed E-state index contributed by atoms with van der Waals surface area (Å²) in [7, 11) is 0. The van der Waals surface area contributed by atoms with Crippen molar-refractivity contribution >= 4 is 11.9 Å². The van der Waals surface area contributed by atoms with Gasteiger partial charge >= 0.3 is 11.9 Å². The maximum atomic E-state index is 13.1. The highest BCUT2D eigenvalue weighted by molar-refractivity contribution is 5.90. The Morgan fingerprint density at radius 1 is 1.15 bits per heavy atom. The van der Waals surface area contributed by atoms with E-state index in [9.17, 15) is 29.3 Å². The summed E-state index contributed by atoms with van der Waals surface area (Å²) in [5.41, 5.74) is 4.21. The lowest BCUT2D eigenvalue weighted by Crippen LogP contribution is -2.54. The third-order valence-corrected chi connectivity index (χ3v) is 4.14. The topological polar surface area (TPSA) is 130 Å². The molecule has 2 aromatic carbocycles. The maximum Gasteiger partial charge on any atom is 0.338 e. The second-order valence-corrected chi connectivity index (χ2v) is 6.14. The van der Waals surface area contributed by atoms with Crippen LogP contribution in [0.5, 0.6) is 11.5 Å². The van der Waals surface area contributed by atoms with Crippen molar-refractivity contribution < 1.29 is 34.0 Å². The number of esters is 1. The third-order valence-electron chi connectivity index (χ3n) is 4.14. The number of hydrogen-bond donors (Lipinski definition) is 4. The summed E-state index contributed by atoms with van der Waals surface area (Å²) >= 11 is 0. The molecular formula is C19H20FNO6. The monoisotopic (exact) mass is 377 g/mol. The first kappa shape index (κ1) is 20.2. The molecule has 0 heterocycles. The number of carbonyl (C=O) groups is 2. The highest BCUT2D eigenvalue weighted by atomic mass is 19.1. The number of halogens is 1. The van der Waals surface area contributed by atoms with Crippen molar-refractivity contribution in [3.05, 3.63) is 59.4 Å². The fraction of sp³-hybridized carbons (Fsp3) is 0.263. The van der Waals surface area contributed by atoms with Crippen molar-refractivity contribution in [2.45, 2.75) is 31.4 Å². The minimum atomic E-state index is -1.98. The normalized spacial score (nSPS) is 14.2. The zero-order valence-corrected chi connectivity index (χ0v) is 14.6. The van der Waals surface area contributed by atoms with Gasteiger partial charge < -0.3 is 25.8 Å². The minimum Gasteiger partial charge on any atom is -0.504 e. The molecule has 2 atom stereocenters. The molecule has 0 saturated heterocycles. The van der Waals surface area contributed by atoms with Gasteiger partial charge in [-0.15, -0.1) is 0 Å². The maximum absolute atomic E-state index is 13.1. The van der Waals surface area contributed by atoms with Gasteiger partial charge in [0.05, 0.1) is 5.56 Å². The van der Waals surface area contributed by atoms with Crippen molar-refractivity contribution in [3.8, 4) is 11.5 Å². The number of ether oxygens (including phenoxy) is 1. The summed E-state index contributed by atoms with van der Waals surface area (Å²) < 4.78 is 18.4. The van der Waals surface area contributed by atoms with E-state index >= 15 is 0 Å². The number of carboxylic acid groups (broad SMARTS) is 1. The lowest BCUT2D eigenvalue weighted by Gasteiger charge is -2.33. The van der Waals surface area contributed by atoms with E-state index in [0.29, 0.717) is 6.42 Å². The van der Waals surface area contributed by atoms with E-state index in [0.717, 1.165) is 24.3 Å². The lowest BCUT2D eigenvalue weighted by molar-refractivity contribution is -0.149. The first-order chi connectivity index (χ1) is 12.7. The fourth-order valence-corrected chi connectivity index (χ4v) is 2.70. The molecule has 5 N–H and O–H groups in total. The van der Waals surface area contributed by atoms with Crippen molar-refractivity contribution in [2.24, 2.45) is 5.73 Å². The molecule has 1 unspecified atom stereocenters. The Labute approximate surface area is 154 Å². The molecule has 0 saturated carbocycles. The molecule has 27 heavy (non-hydrogen) atoms. The van der Waals surface area contributed by atoms with Crippen molar-refractivity contribution in [1.29, 1.82) is 0 Å². The second-order valence-electron chi connectivity index (χ2n) is 6.14. The molecule has 2 rings (SSSR count). The van der Waals surface area contributed by atoms with Crippen molar-refractivity contribution in [1.82, 2.24) is 0 Å². The number of benzene rings is 2. The van der Waals surface area contributed by atoms with Crippen molar-refractivity contribution in [3.63, 3.8) is 0 Å². The molecule has 0 amide bonds. The lowest BCUT2D eigenvalue weighted by atomic mass is 9.84. The molecule has 0 aliphatic rings. The summed E-state index contributed by atoms with van der Waals surface area (Å²) in [5.74, 6) is -3.78. The van der Waals surface area contributed by atoms with E-state index in [-0.39, 0.29) is 17.5 Å². The Morgan fingerprint density at radius 3 is 2.30 bits per heavy atom. The largest absolute Gasteiger partial charge is 0.504 e. The number of aromatic hydroxyl groups is 2. The Kier molecular flexibility index (Phi) is 6.02. The van der Waals surface area contributed by atoms with Gasteiger partial charge in [0.2, 0.25) is 0 Å². The summed E-state index contributed by atoms with van der Waals surface area (Å²) in [6, 6.07) is 8.05. The molecule has 7 nitrogen and oxygen atoms in total. The van der Waals surface area contributed by atoms with E-state index in [1.165, 1.54) is 18.2 Å². The molecule has 0 spiro atoms. The SMILES string of the molecule is CCC[C@@](N)(C(=O)O)C(OC(=O)c1ccc(F)cc1)c1ccc(O)c(O)c1. The molecule has 0 bridgehead atoms. The van der Waals surface area contributed by atoms with Gasteiger partial charge in [0, 0.05) is 0 Å². The van der Waals surface area contributed by atoms with Crippen LogP contribution in [0.2, 0.25) is 0 Å². The summed E-state index contributed by atoms with van der Waals surface area (Å²) in [5, 5.41) is 28.9. The van der Waals surface area contributed by atoms with Crippen LogP contribution in [0.4, 0.5) is 4.39 Å². The number of rotatable bonds is 7. The molecule has 0 aliphatic carbocycles. The number of nitrogens with two attached hydrogens (primary N) is 1. The van der Waals surface area contributed by atoms with E-state index in [2.05, 4.69) is 0 Å². The first-order valence-corrected chi connectivity index (χ1v) is 8.19. The van der Waals surface area contributed by atoms with Gasteiger partial charge in [-0.05, 0) is 48.4 Å². The summed E-state index contributed by atoms with van der Waals surface area (Å²) in [6.07, 6.45) is -1.10. The predicted octanol–water partition coefficient (Wildman–Crippen LogP) is 2.72. The predicted molar refractivity (Wildman–Crippen MR) is 93.8 cm³/mol. The Hall–Kier alpha value is -3.13. The number of carbonyl (C=O) groups excluding carboxylic acids is 1. The quantitative estimate of drug-likeness (QED) is 0.431. The van der Waals surface area contributed by atoms with Crippen LogP contribution in [0.3, 0.4) is 0 Å². The van der Waals surface area contributed by atoms with E-state index in [1.54, 1.807) is 6.92 Å². The van der Waals surface area contributed by atoms with Gasteiger partial charge in [-0.1, -0.05) is 19.4 Å². The molecule has 8 heteroatoms. The Bertz CT molecular complexity index is 839. The average molecular weight is 377 g/mol. The molecule has 0 fully saturated rings. The van der Waals surface area contributed by atoms with Gasteiger partial charge in [-0.3, -0.25) is 4.79 Å². The Morgan fingerprint density at radius 2 is 1.78 bits per heavy atom. The van der Waals surface area contributed by atoms with Crippen LogP contribution in [0.25, 0.3) is 0 Å². The van der Waals surface area contributed by atoms with E-state index < -0.39 is 40.9 Å². The van der Waals surface area contributed by atoms with E-state index in [1.807, 2.05) is 0 Å². The van der Waals surface area contributed by atoms with Crippen LogP contribution >= 0.6 is 0 Å². The van der Waals surface area contributed by atoms with Gasteiger partial charge in [0.25, 0.3) is 0 Å². The third kappa shape index (κ3) is 4.35. The fourth-order valence-electron chi connectivity index (χ4n) is 2.70. The number of carboxylic acids is 1. The van der Waals surface area contributed by atoms with Gasteiger partial charge in [0.15, 0.2) is 23.1 Å². The van der Waals surface area contributed by atoms with E-state index in [4.69, 9.17) is 10.5 Å². The van der Waals surface area contributed by atoms with Gasteiger partial charge in [-0.2, -0.15) is 0 Å². The minimum absolute atomic E-state index is 0.00800. The Balaban J connectivity index is 2.48. The highest BCUT2D eigenvalue weighted by Gasteiger charge is 2.45. The smallest absolute Gasteiger partial charge is 0.338 e. The number of phenols is 2. The second kappa shape index (κ2) is 8.05. The number of aliphatic carboxylic acids is 1. The molecule has 0 aliphatic heterocycles. The van der Waals surface area contributed by atoms with Crippen molar-refractivity contribution in [2.75, 3.05) is 0 Å². The average Bonchev–Trinajstić information content (AvgIpc) is 2.62. The zero-order valence-electron chi connectivity index (χ0n) is 14.6. The van der Waals surface area contributed by atoms with Crippen LogP contribution in [0.15, 0.2) is 42.5 Å². The molecule has 0 aromatic heterocycles. The van der Waals surface area contributed by atoms with Gasteiger partial charge in [0.1, 0.15) is 5.82 Å². The highest BCUT2D eigenvalue weighted by Crippen LogP contribution is 2.36. The number of hydrogen-bond acceptors (Lipinski definition) is 6. The molecule has 2 aromatic rings. The first-order valence-electron chi connectivity index (χ1n) is 8.19. The number of phenolic OH excluding ortho intramolecular Hbond substituents is 2. The standard InChI is InChI=1S/C19H20FNO6/c1-2-9-19(21,18(25)26)16(12-5-8-14(22)15(23)10-12)27-17(24)11-3-6-13(20)7-4-11/h3-8,10,16,22-23H,2,9,21H2,1H3,(H,25,26)/t16?,19-/m0/s1. The van der Waals surface area contributed by atoms with Crippen LogP contribution in [-0.2, 0) is 9.53 Å². The molecular weight excluding hydrogens is 357 g/mol. The van der Waals surface area contributed by atoms with Crippen LogP contribution in [0, 0.1) is 5.82 Å². The van der Waals surface area contributed by atoms with Crippen LogP contribution in [0.1, 0.15) is 41.8 Å².